The van der Waals surface area contributed by atoms with Crippen molar-refractivity contribution in [2.75, 3.05) is 0 Å². The van der Waals surface area contributed by atoms with Gasteiger partial charge in [0.25, 0.3) is 0 Å². The number of hydrogen-bond acceptors (Lipinski definition) is 0. The quantitative estimate of drug-likeness (QED) is 0.433. The molecule has 2 heteroatoms. The Morgan fingerprint density at radius 2 is 1.00 bits per heavy atom. The molecule has 0 fully saturated rings. The van der Waals surface area contributed by atoms with E-state index in [1.807, 2.05) is 0 Å². The van der Waals surface area contributed by atoms with Crippen molar-refractivity contribution in [2.45, 2.75) is 39.5 Å². The van der Waals surface area contributed by atoms with Gasteiger partial charge in [-0.05, 0) is 0 Å². The third-order valence-corrected chi connectivity index (χ3v) is 0.707. The van der Waals surface area contributed by atoms with Gasteiger partial charge in [0.05, 0.1) is 0 Å². The molecule has 1 nitrogen and oxygen atoms in total. The predicted molar refractivity (Wildman–Crippen MR) is 49.9 cm³/mol. The van der Waals surface area contributed by atoms with E-state index >= 15 is 0 Å². The second-order valence-electron chi connectivity index (χ2n) is 1.71. The molecule has 0 unspecified atom stereocenters. The molecule has 0 radical (unpaired) electrons. The molecule has 2 N–H and O–H groups in total. The molecule has 0 saturated heterocycles. The molecule has 0 saturated carbocycles. The van der Waals surface area contributed by atoms with Gasteiger partial charge < -0.3 is 19.3 Å². The van der Waals surface area contributed by atoms with Gasteiger partial charge >= 0.3 is 23.1 Å². The molecule has 0 bridgehead atoms. The van der Waals surface area contributed by atoms with Gasteiger partial charge in [-0.1, -0.05) is 26.7 Å². The Balaban J connectivity index is -0.0000000300. The van der Waals surface area contributed by atoms with Crippen LogP contribution in [0, 0.1) is 13.8 Å². The monoisotopic (exact) mass is 156 g/mol. The molecule has 0 amide bonds. The summed E-state index contributed by atoms with van der Waals surface area (Å²) in [5.41, 5.74) is 0. The van der Waals surface area contributed by atoms with Crippen LogP contribution in [-0.4, -0.2) is 28.5 Å². The summed E-state index contributed by atoms with van der Waals surface area (Å²) >= 11 is 0. The van der Waals surface area contributed by atoms with Gasteiger partial charge in [-0.25, -0.2) is 0 Å². The summed E-state index contributed by atoms with van der Waals surface area (Å²) < 4.78 is 0. The second kappa shape index (κ2) is 33.2. The molecule has 0 aliphatic carbocycles. The summed E-state index contributed by atoms with van der Waals surface area (Å²) in [5.74, 6) is 0. The summed E-state index contributed by atoms with van der Waals surface area (Å²) in [4.78, 5) is 0. The zero-order chi connectivity index (χ0) is 6.83. The molecule has 10 heavy (non-hydrogen) atoms. The number of hydrogen-bond donors (Lipinski definition) is 0. The van der Waals surface area contributed by atoms with Crippen LogP contribution in [0.3, 0.4) is 0 Å². The maximum atomic E-state index is 3.60. The van der Waals surface area contributed by atoms with Gasteiger partial charge in [0.2, 0.25) is 0 Å². The first-order valence-electron chi connectivity index (χ1n) is 3.41. The van der Waals surface area contributed by atoms with E-state index in [-0.39, 0.29) is 28.5 Å². The fourth-order valence-electron chi connectivity index (χ4n) is 0. The third-order valence-electron chi connectivity index (χ3n) is 0.707. The molecule has 0 spiro atoms. The van der Waals surface area contributed by atoms with Gasteiger partial charge in [-0.2, -0.15) is 12.8 Å². The number of rotatable bonds is 2. The van der Waals surface area contributed by atoms with Crippen LogP contribution in [0.4, 0.5) is 0 Å². The van der Waals surface area contributed by atoms with Gasteiger partial charge in [-0.3, -0.25) is 0 Å². The van der Waals surface area contributed by atoms with E-state index in [2.05, 4.69) is 27.7 Å². The first-order chi connectivity index (χ1) is 3.83. The maximum Gasteiger partial charge on any atom is 2.00 e. The van der Waals surface area contributed by atoms with Crippen LogP contribution in [0.2, 0.25) is 0 Å². The molecule has 0 aromatic rings. The van der Waals surface area contributed by atoms with Crippen molar-refractivity contribution in [3.8, 4) is 0 Å². The minimum atomic E-state index is 0. The Labute approximate surface area is 82.1 Å². The van der Waals surface area contributed by atoms with Crippen LogP contribution < -0.4 is 0 Å². The van der Waals surface area contributed by atoms with Crippen molar-refractivity contribution in [3.63, 3.8) is 0 Å². The van der Waals surface area contributed by atoms with E-state index in [0.717, 1.165) is 12.8 Å². The van der Waals surface area contributed by atoms with Crippen molar-refractivity contribution in [2.24, 2.45) is 0 Å². The van der Waals surface area contributed by atoms with Crippen LogP contribution in [-0.2, 0) is 0 Å². The SMILES string of the molecule is O.[CH2-]CCC.[CH2-]CCC.[Mg+2]. The van der Waals surface area contributed by atoms with E-state index < -0.39 is 0 Å². The molecular formula is C8H20MgO. The fraction of sp³-hybridized carbons (Fsp3) is 0.750. The Bertz CT molecular complexity index is 17.2. The summed E-state index contributed by atoms with van der Waals surface area (Å²) in [6.45, 7) is 11.4. The van der Waals surface area contributed by atoms with E-state index in [1.54, 1.807) is 0 Å². The summed E-state index contributed by atoms with van der Waals surface area (Å²) in [6, 6.07) is 0. The van der Waals surface area contributed by atoms with Crippen LogP contribution in [0.25, 0.3) is 0 Å². The van der Waals surface area contributed by atoms with Crippen LogP contribution in [0.5, 0.6) is 0 Å². The molecular weight excluding hydrogens is 136 g/mol. The van der Waals surface area contributed by atoms with Crippen molar-refractivity contribution in [3.05, 3.63) is 13.8 Å². The van der Waals surface area contributed by atoms with Gasteiger partial charge in [0, 0.05) is 0 Å². The van der Waals surface area contributed by atoms with E-state index in [0.29, 0.717) is 0 Å². The van der Waals surface area contributed by atoms with Crippen LogP contribution >= 0.6 is 0 Å². The summed E-state index contributed by atoms with van der Waals surface area (Å²) in [7, 11) is 0. The molecule has 0 aliphatic heterocycles. The fourth-order valence-corrected chi connectivity index (χ4v) is 0. The largest absolute Gasteiger partial charge is 2.00 e. The zero-order valence-electron chi connectivity index (χ0n) is 7.45. The predicted octanol–water partition coefficient (Wildman–Crippen LogP) is 2.04. The minimum Gasteiger partial charge on any atom is -0.412 e. The van der Waals surface area contributed by atoms with Crippen molar-refractivity contribution >= 4 is 23.1 Å². The molecule has 0 atom stereocenters. The molecule has 0 aromatic heterocycles. The normalized spacial score (nSPS) is 6.00. The Hall–Kier alpha value is 0.726. The zero-order valence-corrected chi connectivity index (χ0v) is 8.86. The Kier molecular flexibility index (Phi) is 74.4. The molecule has 0 rings (SSSR count). The standard InChI is InChI=1S/2C4H9.Mg.H2O/c2*1-3-4-2;;/h2*1,3-4H2,2H3;;1H2/q2*-1;+2;. The van der Waals surface area contributed by atoms with E-state index in [9.17, 15) is 0 Å². The van der Waals surface area contributed by atoms with Crippen LogP contribution in [0.1, 0.15) is 39.5 Å². The molecule has 60 valence electrons. The molecule has 0 aliphatic rings. The van der Waals surface area contributed by atoms with Gasteiger partial charge in [0.15, 0.2) is 0 Å². The average molecular weight is 157 g/mol. The third kappa shape index (κ3) is 70.1. The molecule has 0 aromatic carbocycles. The summed E-state index contributed by atoms with van der Waals surface area (Å²) in [6.07, 6.45) is 4.56. The van der Waals surface area contributed by atoms with Crippen LogP contribution in [0.15, 0.2) is 0 Å². The maximum absolute atomic E-state index is 3.60. The van der Waals surface area contributed by atoms with Crippen molar-refractivity contribution < 1.29 is 5.48 Å². The van der Waals surface area contributed by atoms with Gasteiger partial charge in [0.1, 0.15) is 0 Å². The summed E-state index contributed by atoms with van der Waals surface area (Å²) in [5, 5.41) is 0. The van der Waals surface area contributed by atoms with E-state index in [1.165, 1.54) is 12.8 Å². The average Bonchev–Trinajstić information content (AvgIpc) is 1.88. The first kappa shape index (κ1) is 22.4. The Morgan fingerprint density at radius 1 is 0.900 bits per heavy atom. The topological polar surface area (TPSA) is 31.5 Å². The number of unbranched alkanes of at least 4 members (excludes halogenated alkanes) is 2. The first-order valence-corrected chi connectivity index (χ1v) is 3.41. The van der Waals surface area contributed by atoms with Gasteiger partial charge in [-0.15, -0.1) is 0 Å². The van der Waals surface area contributed by atoms with E-state index in [4.69, 9.17) is 0 Å². The minimum absolute atomic E-state index is 0. The second-order valence-corrected chi connectivity index (χ2v) is 1.71. The van der Waals surface area contributed by atoms with Crippen molar-refractivity contribution in [1.82, 2.24) is 0 Å². The van der Waals surface area contributed by atoms with Crippen molar-refractivity contribution in [1.29, 1.82) is 0 Å². The smallest absolute Gasteiger partial charge is 0.412 e. The Morgan fingerprint density at radius 3 is 1.00 bits per heavy atom. The molecule has 0 heterocycles.